The van der Waals surface area contributed by atoms with Crippen LogP contribution in [0.1, 0.15) is 59.4 Å². The van der Waals surface area contributed by atoms with E-state index < -0.39 is 5.60 Å². The molecule has 24 heavy (non-hydrogen) atoms. The smallest absolute Gasteiger partial charge is 0.256 e. The van der Waals surface area contributed by atoms with E-state index in [-0.39, 0.29) is 12.0 Å². The van der Waals surface area contributed by atoms with Gasteiger partial charge in [-0.2, -0.15) is 5.26 Å². The van der Waals surface area contributed by atoms with Gasteiger partial charge in [0.25, 0.3) is 5.91 Å². The van der Waals surface area contributed by atoms with Crippen molar-refractivity contribution in [1.29, 1.82) is 5.26 Å². The molecule has 132 valence electrons. The van der Waals surface area contributed by atoms with Crippen molar-refractivity contribution in [3.05, 3.63) is 23.8 Å². The maximum Gasteiger partial charge on any atom is 0.256 e. The Morgan fingerprint density at radius 3 is 2.62 bits per heavy atom. The van der Waals surface area contributed by atoms with Gasteiger partial charge in [0.1, 0.15) is 17.4 Å². The van der Waals surface area contributed by atoms with Gasteiger partial charge in [0.05, 0.1) is 17.4 Å². The van der Waals surface area contributed by atoms with Crippen LogP contribution in [0.15, 0.2) is 18.2 Å². The zero-order valence-electron chi connectivity index (χ0n) is 15.3. The van der Waals surface area contributed by atoms with Gasteiger partial charge in [0.15, 0.2) is 0 Å². The van der Waals surface area contributed by atoms with E-state index >= 15 is 0 Å². The fraction of sp³-hybridized carbons (Fsp3) is 0.579. The summed E-state index contributed by atoms with van der Waals surface area (Å²) in [5.41, 5.74) is -0.0539. The molecule has 0 saturated carbocycles. The molecule has 0 fully saturated rings. The minimum Gasteiger partial charge on any atom is -0.491 e. The summed E-state index contributed by atoms with van der Waals surface area (Å²) in [6.45, 7) is 10.0. The van der Waals surface area contributed by atoms with Crippen LogP contribution in [0.25, 0.3) is 0 Å². The van der Waals surface area contributed by atoms with Crippen LogP contribution in [0, 0.1) is 11.3 Å². The van der Waals surface area contributed by atoms with E-state index in [9.17, 15) is 10.1 Å². The molecule has 1 aromatic carbocycles. The predicted molar refractivity (Wildman–Crippen MR) is 95.1 cm³/mol. The number of ether oxygens (including phenoxy) is 2. The molecule has 1 unspecified atom stereocenters. The highest BCUT2D eigenvalue weighted by Crippen LogP contribution is 2.26. The highest BCUT2D eigenvalue weighted by atomic mass is 16.5. The summed E-state index contributed by atoms with van der Waals surface area (Å²) in [5, 5.41) is 12.2. The summed E-state index contributed by atoms with van der Waals surface area (Å²) >= 11 is 0. The van der Waals surface area contributed by atoms with Crippen LogP contribution >= 0.6 is 0 Å². The summed E-state index contributed by atoms with van der Waals surface area (Å²) in [4.78, 5) is 12.7. The van der Waals surface area contributed by atoms with E-state index in [0.29, 0.717) is 30.0 Å². The SMILES string of the molecule is CCCCC(C)(OCC)C(=O)Nc1ccc(OC(C)C)cc1C#N. The molecule has 0 aliphatic rings. The van der Waals surface area contributed by atoms with Crippen LogP contribution < -0.4 is 10.1 Å². The third-order valence-corrected chi connectivity index (χ3v) is 3.68. The number of carbonyl (C=O) groups excluding carboxylic acids is 1. The van der Waals surface area contributed by atoms with Gasteiger partial charge in [-0.05, 0) is 46.2 Å². The lowest BCUT2D eigenvalue weighted by Crippen LogP contribution is -2.43. The van der Waals surface area contributed by atoms with Crippen LogP contribution in [0.3, 0.4) is 0 Å². The number of carbonyl (C=O) groups is 1. The number of amides is 1. The first-order valence-corrected chi connectivity index (χ1v) is 8.52. The fourth-order valence-corrected chi connectivity index (χ4v) is 2.41. The molecule has 1 amide bonds. The summed E-state index contributed by atoms with van der Waals surface area (Å²) < 4.78 is 11.3. The molecule has 0 aromatic heterocycles. The van der Waals surface area contributed by atoms with Crippen molar-refractivity contribution in [2.45, 2.75) is 65.6 Å². The quantitative estimate of drug-likeness (QED) is 0.733. The number of nitriles is 1. The number of anilines is 1. The Morgan fingerprint density at radius 1 is 1.38 bits per heavy atom. The highest BCUT2D eigenvalue weighted by molar-refractivity contribution is 5.98. The number of nitrogens with zero attached hydrogens (tertiary/aromatic N) is 1. The Labute approximate surface area is 145 Å². The second-order valence-electron chi connectivity index (χ2n) is 6.21. The Balaban J connectivity index is 2.97. The third-order valence-electron chi connectivity index (χ3n) is 3.68. The Morgan fingerprint density at radius 2 is 2.08 bits per heavy atom. The second-order valence-corrected chi connectivity index (χ2v) is 6.21. The van der Waals surface area contributed by atoms with Crippen molar-refractivity contribution in [2.24, 2.45) is 0 Å². The van der Waals surface area contributed by atoms with E-state index in [1.54, 1.807) is 25.1 Å². The van der Waals surface area contributed by atoms with Crippen LogP contribution in [0.2, 0.25) is 0 Å². The summed E-state index contributed by atoms with van der Waals surface area (Å²) in [5.74, 6) is 0.380. The topological polar surface area (TPSA) is 71.3 Å². The minimum atomic E-state index is -0.898. The largest absolute Gasteiger partial charge is 0.491 e. The maximum atomic E-state index is 12.7. The summed E-state index contributed by atoms with van der Waals surface area (Å²) in [7, 11) is 0. The average molecular weight is 332 g/mol. The van der Waals surface area contributed by atoms with E-state index in [1.165, 1.54) is 0 Å². The van der Waals surface area contributed by atoms with Crippen molar-refractivity contribution in [3.8, 4) is 11.8 Å². The molecule has 0 aliphatic carbocycles. The van der Waals surface area contributed by atoms with Crippen molar-refractivity contribution in [3.63, 3.8) is 0 Å². The van der Waals surface area contributed by atoms with Crippen LogP contribution in [-0.4, -0.2) is 24.2 Å². The Hall–Kier alpha value is -2.06. The van der Waals surface area contributed by atoms with E-state index in [4.69, 9.17) is 9.47 Å². The first-order valence-electron chi connectivity index (χ1n) is 8.52. The first kappa shape index (κ1) is 20.0. The van der Waals surface area contributed by atoms with Gasteiger partial charge < -0.3 is 14.8 Å². The molecule has 0 bridgehead atoms. The lowest BCUT2D eigenvalue weighted by Gasteiger charge is -2.28. The summed E-state index contributed by atoms with van der Waals surface area (Å²) in [6, 6.07) is 7.19. The van der Waals surface area contributed by atoms with E-state index in [2.05, 4.69) is 18.3 Å². The van der Waals surface area contributed by atoms with Crippen LogP contribution in [-0.2, 0) is 9.53 Å². The van der Waals surface area contributed by atoms with Gasteiger partial charge in [-0.15, -0.1) is 0 Å². The van der Waals surface area contributed by atoms with Gasteiger partial charge in [-0.25, -0.2) is 0 Å². The van der Waals surface area contributed by atoms with Crippen molar-refractivity contribution >= 4 is 11.6 Å². The molecule has 0 aliphatic heterocycles. The number of unbranched alkanes of at least 4 members (excludes halogenated alkanes) is 1. The molecule has 1 N–H and O–H groups in total. The van der Waals surface area contributed by atoms with Gasteiger partial charge >= 0.3 is 0 Å². The zero-order valence-corrected chi connectivity index (χ0v) is 15.3. The number of nitrogens with one attached hydrogen (secondary N) is 1. The monoisotopic (exact) mass is 332 g/mol. The molecule has 0 saturated heterocycles. The van der Waals surface area contributed by atoms with E-state index in [1.807, 2.05) is 20.8 Å². The molecular weight excluding hydrogens is 304 g/mol. The zero-order chi connectivity index (χ0) is 18.2. The number of rotatable bonds is 9. The first-order chi connectivity index (χ1) is 11.4. The van der Waals surface area contributed by atoms with Crippen molar-refractivity contribution < 1.29 is 14.3 Å². The molecule has 5 heteroatoms. The molecule has 0 spiro atoms. The lowest BCUT2D eigenvalue weighted by atomic mass is 9.97. The molecule has 5 nitrogen and oxygen atoms in total. The standard InChI is InChI=1S/C19H28N2O3/c1-6-8-11-19(5,23-7-2)18(22)21-17-10-9-16(24-14(3)4)12-15(17)13-20/h9-10,12,14H,6-8,11H2,1-5H3,(H,21,22). The van der Waals surface area contributed by atoms with Crippen molar-refractivity contribution in [1.82, 2.24) is 0 Å². The van der Waals surface area contributed by atoms with Crippen molar-refractivity contribution in [2.75, 3.05) is 11.9 Å². The highest BCUT2D eigenvalue weighted by Gasteiger charge is 2.33. The number of benzene rings is 1. The van der Waals surface area contributed by atoms with E-state index in [0.717, 1.165) is 12.8 Å². The summed E-state index contributed by atoms with van der Waals surface area (Å²) in [6.07, 6.45) is 2.54. The Bertz CT molecular complexity index is 593. The minimum absolute atomic E-state index is 0.0206. The van der Waals surface area contributed by atoms with Gasteiger partial charge in [0, 0.05) is 12.7 Å². The fourth-order valence-electron chi connectivity index (χ4n) is 2.41. The molecule has 1 aromatic rings. The maximum absolute atomic E-state index is 12.7. The molecule has 1 rings (SSSR count). The average Bonchev–Trinajstić information content (AvgIpc) is 2.54. The molecule has 0 radical (unpaired) electrons. The predicted octanol–water partition coefficient (Wildman–Crippen LogP) is 4.27. The van der Waals surface area contributed by atoms with Gasteiger partial charge in [0.2, 0.25) is 0 Å². The lowest BCUT2D eigenvalue weighted by molar-refractivity contribution is -0.139. The Kier molecular flexibility index (Phi) is 7.73. The number of hydrogen-bond acceptors (Lipinski definition) is 4. The van der Waals surface area contributed by atoms with Gasteiger partial charge in [-0.3, -0.25) is 4.79 Å². The normalized spacial score (nSPS) is 13.2. The second kappa shape index (κ2) is 9.29. The molecule has 0 heterocycles. The van der Waals surface area contributed by atoms with Gasteiger partial charge in [-0.1, -0.05) is 19.8 Å². The number of hydrogen-bond donors (Lipinski definition) is 1. The van der Waals surface area contributed by atoms with Crippen LogP contribution in [0.4, 0.5) is 5.69 Å². The third kappa shape index (κ3) is 5.54. The van der Waals surface area contributed by atoms with Crippen LogP contribution in [0.5, 0.6) is 5.75 Å². The molecule has 1 atom stereocenters. The molecular formula is C19H28N2O3.